The molecule has 1 aliphatic carbocycles. The Morgan fingerprint density at radius 1 is 1.15 bits per heavy atom. The molecule has 0 saturated heterocycles. The fraction of sp³-hybridized carbons (Fsp3) is 0.625. The minimum atomic E-state index is -0.603. The summed E-state index contributed by atoms with van der Waals surface area (Å²) in [5.74, 6) is -0.998. The first-order valence-corrected chi connectivity index (χ1v) is 7.52. The Labute approximate surface area is 119 Å². The van der Waals surface area contributed by atoms with Gasteiger partial charge in [-0.3, -0.25) is 0 Å². The second kappa shape index (κ2) is 7.58. The van der Waals surface area contributed by atoms with Crippen molar-refractivity contribution in [3.8, 4) is 5.75 Å². The Bertz CT molecular complexity index is 407. The molecule has 0 heterocycles. The zero-order chi connectivity index (χ0) is 14.4. The van der Waals surface area contributed by atoms with Gasteiger partial charge in [0.25, 0.3) is 0 Å². The van der Waals surface area contributed by atoms with Crippen molar-refractivity contribution in [1.82, 2.24) is 5.32 Å². The van der Waals surface area contributed by atoms with Crippen molar-refractivity contribution in [2.45, 2.75) is 45.6 Å². The van der Waals surface area contributed by atoms with Crippen LogP contribution in [0.25, 0.3) is 0 Å². The van der Waals surface area contributed by atoms with Crippen molar-refractivity contribution >= 4 is 0 Å². The largest absolute Gasteiger partial charge is 0.487 e. The third kappa shape index (κ3) is 4.17. The molecule has 4 heteroatoms. The first-order valence-electron chi connectivity index (χ1n) is 7.52. The van der Waals surface area contributed by atoms with Crippen molar-refractivity contribution in [2.24, 2.45) is 5.92 Å². The highest BCUT2D eigenvalue weighted by molar-refractivity contribution is 5.31. The fourth-order valence-electron chi connectivity index (χ4n) is 2.68. The molecular weight excluding hydrogens is 260 g/mol. The number of rotatable bonds is 6. The van der Waals surface area contributed by atoms with Crippen molar-refractivity contribution in [1.29, 1.82) is 0 Å². The van der Waals surface area contributed by atoms with E-state index in [9.17, 15) is 8.78 Å². The van der Waals surface area contributed by atoms with Crippen molar-refractivity contribution < 1.29 is 13.5 Å². The van der Waals surface area contributed by atoms with Crippen LogP contribution >= 0.6 is 0 Å². The summed E-state index contributed by atoms with van der Waals surface area (Å²) in [7, 11) is 0. The maximum absolute atomic E-state index is 13.9. The van der Waals surface area contributed by atoms with E-state index in [-0.39, 0.29) is 5.75 Å². The number of ether oxygens (including phenoxy) is 1. The summed E-state index contributed by atoms with van der Waals surface area (Å²) < 4.78 is 33.2. The second-order valence-corrected chi connectivity index (χ2v) is 5.48. The molecule has 1 N–H and O–H groups in total. The molecule has 112 valence electrons. The Kier molecular flexibility index (Phi) is 5.77. The molecule has 20 heavy (non-hydrogen) atoms. The Morgan fingerprint density at radius 3 is 2.40 bits per heavy atom. The van der Waals surface area contributed by atoms with E-state index in [1.807, 2.05) is 6.92 Å². The van der Waals surface area contributed by atoms with Gasteiger partial charge in [-0.2, -0.15) is 0 Å². The quantitative estimate of drug-likeness (QED) is 0.851. The van der Waals surface area contributed by atoms with Crippen LogP contribution in [0.4, 0.5) is 8.78 Å². The molecule has 0 spiro atoms. The predicted octanol–water partition coefficient (Wildman–Crippen LogP) is 4.03. The van der Waals surface area contributed by atoms with E-state index in [2.05, 4.69) is 5.32 Å². The van der Waals surface area contributed by atoms with Crippen LogP contribution in [0.2, 0.25) is 0 Å². The molecule has 0 aliphatic heterocycles. The highest BCUT2D eigenvalue weighted by atomic mass is 19.1. The second-order valence-electron chi connectivity index (χ2n) is 5.48. The Morgan fingerprint density at radius 2 is 1.80 bits per heavy atom. The summed E-state index contributed by atoms with van der Waals surface area (Å²) in [6.45, 7) is 3.60. The van der Waals surface area contributed by atoms with Crippen molar-refractivity contribution in [3.63, 3.8) is 0 Å². The molecule has 0 aromatic heterocycles. The van der Waals surface area contributed by atoms with Crippen LogP contribution < -0.4 is 10.1 Å². The third-order valence-corrected chi connectivity index (χ3v) is 3.83. The summed E-state index contributed by atoms with van der Waals surface area (Å²) in [6, 6.07) is 2.70. The fourth-order valence-corrected chi connectivity index (χ4v) is 2.68. The summed E-state index contributed by atoms with van der Waals surface area (Å²) in [6.07, 6.45) is 5.85. The highest BCUT2D eigenvalue weighted by Gasteiger charge is 2.17. The normalized spacial score (nSPS) is 16.4. The van der Waals surface area contributed by atoms with E-state index in [0.717, 1.165) is 19.4 Å². The van der Waals surface area contributed by atoms with Gasteiger partial charge in [0.15, 0.2) is 17.4 Å². The van der Waals surface area contributed by atoms with Gasteiger partial charge in [-0.25, -0.2) is 8.78 Å². The average molecular weight is 283 g/mol. The molecule has 0 unspecified atom stereocenters. The minimum absolute atomic E-state index is 0.226. The summed E-state index contributed by atoms with van der Waals surface area (Å²) >= 11 is 0. The number of hydrogen-bond acceptors (Lipinski definition) is 2. The first-order chi connectivity index (χ1) is 9.70. The molecular formula is C16H23F2NO. The molecule has 0 radical (unpaired) electrons. The van der Waals surface area contributed by atoms with Crippen LogP contribution in [-0.4, -0.2) is 13.2 Å². The lowest BCUT2D eigenvalue weighted by molar-refractivity contribution is 0.195. The Balaban J connectivity index is 1.96. The van der Waals surface area contributed by atoms with E-state index in [0.29, 0.717) is 24.6 Å². The topological polar surface area (TPSA) is 21.3 Å². The van der Waals surface area contributed by atoms with E-state index < -0.39 is 11.6 Å². The molecule has 0 bridgehead atoms. The van der Waals surface area contributed by atoms with Gasteiger partial charge in [-0.15, -0.1) is 0 Å². The zero-order valence-corrected chi connectivity index (χ0v) is 12.1. The smallest absolute Gasteiger partial charge is 0.190 e. The molecule has 1 aromatic rings. The minimum Gasteiger partial charge on any atom is -0.487 e. The molecule has 0 amide bonds. The summed E-state index contributed by atoms with van der Waals surface area (Å²) in [5.41, 5.74) is 0.604. The van der Waals surface area contributed by atoms with E-state index in [1.54, 1.807) is 0 Å². The summed E-state index contributed by atoms with van der Waals surface area (Å²) in [4.78, 5) is 0. The van der Waals surface area contributed by atoms with Crippen LogP contribution in [0, 0.1) is 17.6 Å². The van der Waals surface area contributed by atoms with Crippen LogP contribution in [-0.2, 0) is 6.54 Å². The molecule has 1 aromatic carbocycles. The van der Waals surface area contributed by atoms with Crippen LogP contribution in [0.3, 0.4) is 0 Å². The highest BCUT2D eigenvalue weighted by Crippen LogP contribution is 2.27. The molecule has 1 saturated carbocycles. The molecule has 2 nitrogen and oxygen atoms in total. The van der Waals surface area contributed by atoms with Crippen molar-refractivity contribution in [3.05, 3.63) is 29.3 Å². The van der Waals surface area contributed by atoms with Gasteiger partial charge in [-0.05, 0) is 43.0 Å². The number of nitrogens with one attached hydrogen (secondary N) is 1. The van der Waals surface area contributed by atoms with E-state index in [4.69, 9.17) is 4.74 Å². The standard InChI is InChI=1S/C16H23F2NO/c1-2-19-10-13-8-14(17)16(15(18)9-13)20-11-12-6-4-3-5-7-12/h8-9,12,19H,2-7,10-11H2,1H3. The maximum Gasteiger partial charge on any atom is 0.190 e. The lowest BCUT2D eigenvalue weighted by Crippen LogP contribution is -2.17. The lowest BCUT2D eigenvalue weighted by atomic mass is 9.90. The van der Waals surface area contributed by atoms with Crippen LogP contribution in [0.1, 0.15) is 44.6 Å². The van der Waals surface area contributed by atoms with Crippen molar-refractivity contribution in [2.75, 3.05) is 13.2 Å². The number of benzene rings is 1. The molecule has 2 rings (SSSR count). The summed E-state index contributed by atoms with van der Waals surface area (Å²) in [5, 5.41) is 3.05. The first kappa shape index (κ1) is 15.2. The predicted molar refractivity (Wildman–Crippen MR) is 75.8 cm³/mol. The van der Waals surface area contributed by atoms with Crippen LogP contribution in [0.5, 0.6) is 5.75 Å². The van der Waals surface area contributed by atoms with Gasteiger partial charge >= 0.3 is 0 Å². The number of halogens is 2. The maximum atomic E-state index is 13.9. The SMILES string of the molecule is CCNCc1cc(F)c(OCC2CCCCC2)c(F)c1. The van der Waals surface area contributed by atoms with E-state index in [1.165, 1.54) is 31.4 Å². The monoisotopic (exact) mass is 283 g/mol. The van der Waals surface area contributed by atoms with Gasteiger partial charge in [0.05, 0.1) is 6.61 Å². The third-order valence-electron chi connectivity index (χ3n) is 3.83. The van der Waals surface area contributed by atoms with Gasteiger partial charge < -0.3 is 10.1 Å². The zero-order valence-electron chi connectivity index (χ0n) is 12.1. The van der Waals surface area contributed by atoms with Gasteiger partial charge in [0, 0.05) is 6.54 Å². The lowest BCUT2D eigenvalue weighted by Gasteiger charge is -2.22. The van der Waals surface area contributed by atoms with Gasteiger partial charge in [-0.1, -0.05) is 26.2 Å². The van der Waals surface area contributed by atoms with E-state index >= 15 is 0 Å². The van der Waals surface area contributed by atoms with Gasteiger partial charge in [0.2, 0.25) is 0 Å². The average Bonchev–Trinajstić information content (AvgIpc) is 2.45. The number of hydrogen-bond donors (Lipinski definition) is 1. The van der Waals surface area contributed by atoms with Gasteiger partial charge in [0.1, 0.15) is 0 Å². The molecule has 1 aliphatic rings. The molecule has 0 atom stereocenters. The molecule has 1 fully saturated rings. The Hall–Kier alpha value is -1.16. The van der Waals surface area contributed by atoms with Crippen LogP contribution in [0.15, 0.2) is 12.1 Å².